The highest BCUT2D eigenvalue weighted by Crippen LogP contribution is 2.47. The van der Waals surface area contributed by atoms with Crippen molar-refractivity contribution in [3.63, 3.8) is 0 Å². The Morgan fingerprint density at radius 3 is 2.43 bits per heavy atom. The van der Waals surface area contributed by atoms with Crippen molar-refractivity contribution in [1.82, 2.24) is 0 Å². The van der Waals surface area contributed by atoms with Gasteiger partial charge in [-0.05, 0) is 42.7 Å². The number of aryl methyl sites for hydroxylation is 2. The van der Waals surface area contributed by atoms with Crippen LogP contribution >= 0.6 is 0 Å². The van der Waals surface area contributed by atoms with Crippen molar-refractivity contribution >= 4 is 11.6 Å². The van der Waals surface area contributed by atoms with Crippen molar-refractivity contribution < 1.29 is 9.53 Å². The van der Waals surface area contributed by atoms with Gasteiger partial charge < -0.3 is 10.1 Å². The van der Waals surface area contributed by atoms with Gasteiger partial charge >= 0.3 is 0 Å². The van der Waals surface area contributed by atoms with E-state index in [-0.39, 0.29) is 17.7 Å². The maximum absolute atomic E-state index is 11.3. The largest absolute Gasteiger partial charge is 0.492 e. The van der Waals surface area contributed by atoms with Crippen LogP contribution in [0.5, 0.6) is 5.75 Å². The summed E-state index contributed by atoms with van der Waals surface area (Å²) in [4.78, 5) is 11.3. The monoisotopic (exact) mass is 371 g/mol. The summed E-state index contributed by atoms with van der Waals surface area (Å²) in [5, 5.41) is 2.85. The highest BCUT2D eigenvalue weighted by atomic mass is 16.5. The second kappa shape index (κ2) is 7.51. The molecule has 0 aromatic heterocycles. The average molecular weight is 371 g/mol. The van der Waals surface area contributed by atoms with E-state index in [1.54, 1.807) is 0 Å². The van der Waals surface area contributed by atoms with Gasteiger partial charge in [-0.2, -0.15) is 0 Å². The number of benzene rings is 3. The topological polar surface area (TPSA) is 38.3 Å². The lowest BCUT2D eigenvalue weighted by Crippen LogP contribution is -2.26. The first kappa shape index (κ1) is 18.3. The zero-order valence-corrected chi connectivity index (χ0v) is 16.5. The molecule has 3 nitrogen and oxygen atoms in total. The maximum atomic E-state index is 11.3. The molecule has 0 saturated carbocycles. The van der Waals surface area contributed by atoms with Crippen LogP contribution in [0, 0.1) is 13.8 Å². The normalized spacial score (nSPS) is 18.1. The van der Waals surface area contributed by atoms with Crippen LogP contribution in [0.25, 0.3) is 0 Å². The number of para-hydroxylation sites is 1. The molecule has 0 fully saturated rings. The number of fused-ring (bicyclic) bond motifs is 1. The Hall–Kier alpha value is -3.07. The Kier molecular flexibility index (Phi) is 4.91. The van der Waals surface area contributed by atoms with Gasteiger partial charge in [-0.3, -0.25) is 4.79 Å². The van der Waals surface area contributed by atoms with Crippen molar-refractivity contribution in [2.24, 2.45) is 0 Å². The van der Waals surface area contributed by atoms with Crippen LogP contribution in [-0.4, -0.2) is 12.5 Å². The summed E-state index contributed by atoms with van der Waals surface area (Å²) < 4.78 is 6.23. The van der Waals surface area contributed by atoms with Gasteiger partial charge in [0.1, 0.15) is 5.75 Å². The third kappa shape index (κ3) is 3.53. The van der Waals surface area contributed by atoms with E-state index < -0.39 is 0 Å². The summed E-state index contributed by atoms with van der Waals surface area (Å²) >= 11 is 0. The molecule has 0 spiro atoms. The van der Waals surface area contributed by atoms with E-state index in [0.29, 0.717) is 6.61 Å². The lowest BCUT2D eigenvalue weighted by Gasteiger charge is -2.35. The Morgan fingerprint density at radius 1 is 0.964 bits per heavy atom. The van der Waals surface area contributed by atoms with Gasteiger partial charge in [0.25, 0.3) is 0 Å². The fourth-order valence-corrected chi connectivity index (χ4v) is 4.18. The van der Waals surface area contributed by atoms with E-state index in [2.05, 4.69) is 73.8 Å². The first-order valence-electron chi connectivity index (χ1n) is 9.69. The average Bonchev–Trinajstić information content (AvgIpc) is 2.68. The molecule has 3 aromatic rings. The van der Waals surface area contributed by atoms with Crippen LogP contribution in [0.1, 0.15) is 46.6 Å². The third-order valence-electron chi connectivity index (χ3n) is 5.45. The van der Waals surface area contributed by atoms with Gasteiger partial charge in [-0.1, -0.05) is 60.2 Å². The maximum Gasteiger partial charge on any atom is 0.221 e. The van der Waals surface area contributed by atoms with Gasteiger partial charge in [0.15, 0.2) is 0 Å². The quantitative estimate of drug-likeness (QED) is 0.654. The molecular formula is C25H25NO2. The number of rotatable bonds is 3. The molecule has 1 aliphatic heterocycles. The molecule has 1 N–H and O–H groups in total. The minimum Gasteiger partial charge on any atom is -0.492 e. The molecule has 4 rings (SSSR count). The summed E-state index contributed by atoms with van der Waals surface area (Å²) in [5.41, 5.74) is 7.00. The van der Waals surface area contributed by atoms with E-state index >= 15 is 0 Å². The summed E-state index contributed by atoms with van der Waals surface area (Å²) in [7, 11) is 0. The first-order valence-corrected chi connectivity index (χ1v) is 9.69. The first-order chi connectivity index (χ1) is 13.5. The zero-order valence-electron chi connectivity index (χ0n) is 16.5. The molecule has 0 radical (unpaired) electrons. The molecule has 3 aromatic carbocycles. The van der Waals surface area contributed by atoms with Crippen molar-refractivity contribution in [2.45, 2.75) is 32.6 Å². The lowest BCUT2D eigenvalue weighted by atomic mass is 9.75. The Bertz CT molecular complexity index is 1010. The van der Waals surface area contributed by atoms with Gasteiger partial charge in [0.05, 0.1) is 6.61 Å². The van der Waals surface area contributed by atoms with Gasteiger partial charge in [0.2, 0.25) is 5.91 Å². The predicted octanol–water partition coefficient (Wildman–Crippen LogP) is 5.57. The number of hydrogen-bond donors (Lipinski definition) is 1. The molecule has 1 aliphatic rings. The summed E-state index contributed by atoms with van der Waals surface area (Å²) in [5.74, 6) is 1.39. The number of amides is 1. The fraction of sp³-hybridized carbons (Fsp3) is 0.240. The number of hydrogen-bond acceptors (Lipinski definition) is 2. The minimum absolute atomic E-state index is 0.0579. The number of ether oxygens (including phenoxy) is 1. The Labute approximate surface area is 166 Å². The van der Waals surface area contributed by atoms with E-state index in [0.717, 1.165) is 11.4 Å². The molecule has 3 heteroatoms. The summed E-state index contributed by atoms with van der Waals surface area (Å²) in [6.07, 6.45) is 0. The molecule has 142 valence electrons. The van der Waals surface area contributed by atoms with Crippen LogP contribution < -0.4 is 10.1 Å². The lowest BCUT2D eigenvalue weighted by molar-refractivity contribution is -0.114. The summed E-state index contributed by atoms with van der Waals surface area (Å²) in [6.45, 7) is 6.41. The Balaban J connectivity index is 1.80. The van der Waals surface area contributed by atoms with E-state index in [1.807, 2.05) is 12.1 Å². The number of carbonyl (C=O) groups excluding carboxylic acids is 1. The van der Waals surface area contributed by atoms with Gasteiger partial charge in [0, 0.05) is 30.0 Å². The SMILES string of the molecule is CC(=O)Nc1ccc(C2c3cccc(C)c3OCC2c2cccc(C)c2)cc1. The van der Waals surface area contributed by atoms with Crippen LogP contribution in [0.3, 0.4) is 0 Å². The van der Waals surface area contributed by atoms with Crippen molar-refractivity contribution in [2.75, 3.05) is 11.9 Å². The molecular weight excluding hydrogens is 346 g/mol. The molecule has 2 atom stereocenters. The molecule has 0 saturated heterocycles. The molecule has 28 heavy (non-hydrogen) atoms. The van der Waals surface area contributed by atoms with Crippen molar-refractivity contribution in [1.29, 1.82) is 0 Å². The van der Waals surface area contributed by atoms with Gasteiger partial charge in [-0.25, -0.2) is 0 Å². The molecule has 1 amide bonds. The number of anilines is 1. The fourth-order valence-electron chi connectivity index (χ4n) is 4.18. The number of nitrogens with one attached hydrogen (secondary N) is 1. The van der Waals surface area contributed by atoms with Crippen LogP contribution in [0.4, 0.5) is 5.69 Å². The molecule has 2 unspecified atom stereocenters. The smallest absolute Gasteiger partial charge is 0.221 e. The second-order valence-corrected chi connectivity index (χ2v) is 7.61. The highest BCUT2D eigenvalue weighted by molar-refractivity contribution is 5.88. The summed E-state index contributed by atoms with van der Waals surface area (Å²) in [6, 6.07) is 23.3. The van der Waals surface area contributed by atoms with E-state index in [1.165, 1.54) is 34.7 Å². The Morgan fingerprint density at radius 2 is 1.71 bits per heavy atom. The molecule has 0 aliphatic carbocycles. The standard InChI is InChI=1S/C25H25NO2/c1-16-6-4-8-20(14-16)23-15-28-25-17(2)7-5-9-22(25)24(23)19-10-12-21(13-11-19)26-18(3)27/h4-14,23-24H,15H2,1-3H3,(H,26,27). The van der Waals surface area contributed by atoms with Gasteiger partial charge in [-0.15, -0.1) is 0 Å². The number of carbonyl (C=O) groups is 1. The van der Waals surface area contributed by atoms with Crippen molar-refractivity contribution in [3.05, 3.63) is 94.5 Å². The van der Waals surface area contributed by atoms with Crippen molar-refractivity contribution in [3.8, 4) is 5.75 Å². The van der Waals surface area contributed by atoms with E-state index in [4.69, 9.17) is 4.74 Å². The molecule has 0 bridgehead atoms. The predicted molar refractivity (Wildman–Crippen MR) is 113 cm³/mol. The van der Waals surface area contributed by atoms with Crippen LogP contribution in [0.2, 0.25) is 0 Å². The van der Waals surface area contributed by atoms with Crippen LogP contribution in [0.15, 0.2) is 66.7 Å². The molecule has 1 heterocycles. The second-order valence-electron chi connectivity index (χ2n) is 7.61. The van der Waals surface area contributed by atoms with E-state index in [9.17, 15) is 4.79 Å². The minimum atomic E-state index is -0.0579. The van der Waals surface area contributed by atoms with Crippen LogP contribution in [-0.2, 0) is 4.79 Å². The highest BCUT2D eigenvalue weighted by Gasteiger charge is 2.34. The third-order valence-corrected chi connectivity index (χ3v) is 5.45. The zero-order chi connectivity index (χ0) is 19.7.